The van der Waals surface area contributed by atoms with E-state index in [-0.39, 0.29) is 0 Å². The second-order valence-electron chi connectivity index (χ2n) is 3.92. The van der Waals surface area contributed by atoms with Crippen molar-refractivity contribution in [1.29, 1.82) is 0 Å². The summed E-state index contributed by atoms with van der Waals surface area (Å²) in [5.41, 5.74) is 1.10. The summed E-state index contributed by atoms with van der Waals surface area (Å²) in [5.74, 6) is 0. The third-order valence-electron chi connectivity index (χ3n) is 2.95. The van der Waals surface area contributed by atoms with Crippen LogP contribution < -0.4 is 0 Å². The van der Waals surface area contributed by atoms with E-state index in [4.69, 9.17) is 0 Å². The molecule has 0 saturated carbocycles. The van der Waals surface area contributed by atoms with Gasteiger partial charge in [0.15, 0.2) is 0 Å². The molecule has 0 bridgehead atoms. The van der Waals surface area contributed by atoms with Gasteiger partial charge in [-0.2, -0.15) is 5.06 Å². The molecule has 2 heterocycles. The Morgan fingerprint density at radius 2 is 2.00 bits per heavy atom. The van der Waals surface area contributed by atoms with Crippen LogP contribution >= 0.6 is 0 Å². The van der Waals surface area contributed by atoms with Gasteiger partial charge in [0, 0.05) is 38.4 Å². The highest BCUT2D eigenvalue weighted by Crippen LogP contribution is 2.18. The Kier molecular flexibility index (Phi) is 3.30. The van der Waals surface area contributed by atoms with Crippen molar-refractivity contribution in [2.75, 3.05) is 26.2 Å². The van der Waals surface area contributed by atoms with Crippen LogP contribution in [0, 0.1) is 0 Å². The van der Waals surface area contributed by atoms with Crippen LogP contribution in [0.3, 0.4) is 0 Å². The summed E-state index contributed by atoms with van der Waals surface area (Å²) in [6, 6.07) is 6.33. The molecule has 4 nitrogen and oxygen atoms in total. The van der Waals surface area contributed by atoms with E-state index in [0.717, 1.165) is 31.9 Å². The summed E-state index contributed by atoms with van der Waals surface area (Å²) in [6.07, 6.45) is 1.83. The molecule has 1 fully saturated rings. The van der Waals surface area contributed by atoms with Gasteiger partial charge in [-0.15, -0.1) is 0 Å². The molecule has 4 heteroatoms. The van der Waals surface area contributed by atoms with E-state index in [9.17, 15) is 5.21 Å². The van der Waals surface area contributed by atoms with Gasteiger partial charge in [-0.25, -0.2) is 0 Å². The molecule has 2 rings (SSSR count). The van der Waals surface area contributed by atoms with Crippen LogP contribution in [0.1, 0.15) is 18.7 Å². The molecule has 0 aliphatic carbocycles. The number of hydrogen-bond donors (Lipinski definition) is 1. The fraction of sp³-hybridized carbons (Fsp3) is 0.545. The Morgan fingerprint density at radius 3 is 2.60 bits per heavy atom. The van der Waals surface area contributed by atoms with Crippen LogP contribution in [0.25, 0.3) is 0 Å². The van der Waals surface area contributed by atoms with Gasteiger partial charge in [0.05, 0.1) is 5.69 Å². The summed E-state index contributed by atoms with van der Waals surface area (Å²) in [7, 11) is 0. The number of pyridine rings is 1. The molecule has 1 aromatic heterocycles. The second kappa shape index (κ2) is 4.70. The van der Waals surface area contributed by atoms with Crippen molar-refractivity contribution >= 4 is 0 Å². The SMILES string of the molecule is CC(c1ccccn1)N1CCN(O)CC1. The standard InChI is InChI=1S/C11H17N3O/c1-10(11-4-2-3-5-12-11)13-6-8-14(15)9-7-13/h2-5,10,15H,6-9H2,1H3. The largest absolute Gasteiger partial charge is 0.314 e. The number of rotatable bonds is 2. The summed E-state index contributed by atoms with van der Waals surface area (Å²) >= 11 is 0. The zero-order valence-corrected chi connectivity index (χ0v) is 9.00. The maximum Gasteiger partial charge on any atom is 0.0572 e. The van der Waals surface area contributed by atoms with Crippen molar-refractivity contribution in [3.8, 4) is 0 Å². The molecule has 1 aliphatic rings. The van der Waals surface area contributed by atoms with Crippen LogP contribution in [-0.4, -0.2) is 46.3 Å². The molecule has 1 atom stereocenters. The van der Waals surface area contributed by atoms with E-state index in [2.05, 4.69) is 22.9 Å². The number of hydroxylamine groups is 2. The second-order valence-corrected chi connectivity index (χ2v) is 3.92. The summed E-state index contributed by atoms with van der Waals surface area (Å²) < 4.78 is 0. The highest BCUT2D eigenvalue weighted by molar-refractivity contribution is 5.08. The van der Waals surface area contributed by atoms with Crippen LogP contribution in [0.2, 0.25) is 0 Å². The van der Waals surface area contributed by atoms with Crippen molar-refractivity contribution in [1.82, 2.24) is 14.9 Å². The average molecular weight is 207 g/mol. The molecule has 0 amide bonds. The smallest absolute Gasteiger partial charge is 0.0572 e. The molecule has 1 aromatic rings. The van der Waals surface area contributed by atoms with Crippen molar-refractivity contribution in [3.63, 3.8) is 0 Å². The topological polar surface area (TPSA) is 39.6 Å². The van der Waals surface area contributed by atoms with Gasteiger partial charge in [0.25, 0.3) is 0 Å². The Morgan fingerprint density at radius 1 is 1.27 bits per heavy atom. The highest BCUT2D eigenvalue weighted by Gasteiger charge is 2.21. The van der Waals surface area contributed by atoms with E-state index < -0.39 is 0 Å². The third kappa shape index (κ3) is 2.53. The lowest BCUT2D eigenvalue weighted by Gasteiger charge is -2.35. The molecular formula is C11H17N3O. The fourth-order valence-corrected chi connectivity index (χ4v) is 1.91. The van der Waals surface area contributed by atoms with Crippen LogP contribution in [0.4, 0.5) is 0 Å². The quantitative estimate of drug-likeness (QED) is 0.789. The van der Waals surface area contributed by atoms with Gasteiger partial charge in [0.1, 0.15) is 0 Å². The zero-order chi connectivity index (χ0) is 10.7. The first-order valence-corrected chi connectivity index (χ1v) is 5.36. The summed E-state index contributed by atoms with van der Waals surface area (Å²) in [4.78, 5) is 6.70. The fourth-order valence-electron chi connectivity index (χ4n) is 1.91. The molecule has 82 valence electrons. The maximum absolute atomic E-state index is 9.27. The minimum atomic E-state index is 0.333. The lowest BCUT2D eigenvalue weighted by Crippen LogP contribution is -2.45. The average Bonchev–Trinajstić information content (AvgIpc) is 2.30. The Balaban J connectivity index is 1.99. The molecule has 1 saturated heterocycles. The van der Waals surface area contributed by atoms with Crippen molar-refractivity contribution in [3.05, 3.63) is 30.1 Å². The molecule has 0 radical (unpaired) electrons. The van der Waals surface area contributed by atoms with E-state index >= 15 is 0 Å². The van der Waals surface area contributed by atoms with Gasteiger partial charge in [-0.05, 0) is 19.1 Å². The van der Waals surface area contributed by atoms with Gasteiger partial charge >= 0.3 is 0 Å². The summed E-state index contributed by atoms with van der Waals surface area (Å²) in [5, 5.41) is 10.6. The summed E-state index contributed by atoms with van der Waals surface area (Å²) in [6.45, 7) is 5.40. The first-order chi connectivity index (χ1) is 7.27. The van der Waals surface area contributed by atoms with Crippen LogP contribution in [0.5, 0.6) is 0 Å². The van der Waals surface area contributed by atoms with Gasteiger partial charge in [-0.1, -0.05) is 6.07 Å². The molecule has 1 N–H and O–H groups in total. The molecule has 1 aliphatic heterocycles. The number of nitrogens with zero attached hydrogens (tertiary/aromatic N) is 3. The predicted octanol–water partition coefficient (Wildman–Crippen LogP) is 1.15. The predicted molar refractivity (Wildman–Crippen MR) is 57.6 cm³/mol. The molecule has 0 aromatic carbocycles. The van der Waals surface area contributed by atoms with Gasteiger partial charge in [-0.3, -0.25) is 9.88 Å². The molecule has 15 heavy (non-hydrogen) atoms. The number of hydrogen-bond acceptors (Lipinski definition) is 4. The number of aromatic nitrogens is 1. The monoisotopic (exact) mass is 207 g/mol. The molecule has 0 spiro atoms. The van der Waals surface area contributed by atoms with Gasteiger partial charge in [0.2, 0.25) is 0 Å². The first-order valence-electron chi connectivity index (χ1n) is 5.36. The highest BCUT2D eigenvalue weighted by atomic mass is 16.5. The molecular weight excluding hydrogens is 190 g/mol. The Hall–Kier alpha value is -0.970. The molecule has 1 unspecified atom stereocenters. The normalized spacial score (nSPS) is 21.5. The zero-order valence-electron chi connectivity index (χ0n) is 9.00. The lowest BCUT2D eigenvalue weighted by molar-refractivity contribution is -0.121. The first kappa shape index (κ1) is 10.5. The third-order valence-corrected chi connectivity index (χ3v) is 2.95. The van der Waals surface area contributed by atoms with Crippen molar-refractivity contribution in [2.24, 2.45) is 0 Å². The minimum absolute atomic E-state index is 0.333. The maximum atomic E-state index is 9.27. The minimum Gasteiger partial charge on any atom is -0.314 e. The van der Waals surface area contributed by atoms with Crippen LogP contribution in [0.15, 0.2) is 24.4 Å². The van der Waals surface area contributed by atoms with Crippen molar-refractivity contribution < 1.29 is 5.21 Å². The van der Waals surface area contributed by atoms with Crippen molar-refractivity contribution in [2.45, 2.75) is 13.0 Å². The van der Waals surface area contributed by atoms with Gasteiger partial charge < -0.3 is 5.21 Å². The van der Waals surface area contributed by atoms with E-state index in [1.165, 1.54) is 5.06 Å². The number of piperazine rings is 1. The van der Waals surface area contributed by atoms with E-state index in [0.29, 0.717) is 6.04 Å². The Bertz CT molecular complexity index is 296. The Labute approximate surface area is 90.1 Å². The van der Waals surface area contributed by atoms with E-state index in [1.54, 1.807) is 0 Å². The lowest BCUT2D eigenvalue weighted by atomic mass is 10.1. The van der Waals surface area contributed by atoms with Crippen LogP contribution in [-0.2, 0) is 0 Å². The van der Waals surface area contributed by atoms with E-state index in [1.807, 2.05) is 18.3 Å².